The van der Waals surface area contributed by atoms with Gasteiger partial charge in [-0.15, -0.1) is 11.3 Å². The number of para-hydroxylation sites is 1. The Bertz CT molecular complexity index is 527. The number of carbonyl (C=O) groups excluding carboxylic acids is 1. The number of benzene rings is 1. The Morgan fingerprint density at radius 2 is 2.19 bits per heavy atom. The SMILES string of the molecule is Nc1ncsc1C(=O)Oc1ccccc1Cl. The molecule has 2 aromatic rings. The van der Waals surface area contributed by atoms with Gasteiger partial charge in [-0.1, -0.05) is 23.7 Å². The van der Waals surface area contributed by atoms with Crippen molar-refractivity contribution in [3.63, 3.8) is 0 Å². The average Bonchev–Trinajstić information content (AvgIpc) is 2.68. The summed E-state index contributed by atoms with van der Waals surface area (Å²) in [5.41, 5.74) is 6.98. The standard InChI is InChI=1S/C10H7ClN2O2S/c11-6-3-1-2-4-7(6)15-10(14)8-9(12)13-5-16-8/h1-5H,12H2. The number of anilines is 1. The van der Waals surface area contributed by atoms with Gasteiger partial charge in [-0.2, -0.15) is 0 Å². The van der Waals surface area contributed by atoms with Crippen molar-refractivity contribution < 1.29 is 9.53 Å². The Morgan fingerprint density at radius 3 is 2.81 bits per heavy atom. The molecule has 1 aromatic heterocycles. The molecule has 0 amide bonds. The number of esters is 1. The first-order valence-electron chi connectivity index (χ1n) is 4.34. The normalized spacial score (nSPS) is 10.1. The smallest absolute Gasteiger partial charge is 0.357 e. The molecule has 6 heteroatoms. The second-order valence-corrected chi connectivity index (χ2v) is 4.15. The zero-order valence-electron chi connectivity index (χ0n) is 8.01. The highest BCUT2D eigenvalue weighted by Crippen LogP contribution is 2.25. The van der Waals surface area contributed by atoms with E-state index in [1.165, 1.54) is 5.51 Å². The van der Waals surface area contributed by atoms with Crippen molar-refractivity contribution >= 4 is 34.7 Å². The van der Waals surface area contributed by atoms with Crippen LogP contribution in [0.25, 0.3) is 0 Å². The molecule has 0 saturated carbocycles. The Balaban J connectivity index is 2.21. The second-order valence-electron chi connectivity index (χ2n) is 2.89. The van der Waals surface area contributed by atoms with Crippen molar-refractivity contribution in [3.8, 4) is 5.75 Å². The van der Waals surface area contributed by atoms with Crippen molar-refractivity contribution in [2.24, 2.45) is 0 Å². The molecule has 0 aliphatic rings. The fourth-order valence-corrected chi connectivity index (χ4v) is 1.84. The molecule has 1 heterocycles. The minimum absolute atomic E-state index is 0.169. The summed E-state index contributed by atoms with van der Waals surface area (Å²) >= 11 is 6.98. The van der Waals surface area contributed by atoms with Crippen LogP contribution in [-0.4, -0.2) is 11.0 Å². The van der Waals surface area contributed by atoms with Crippen LogP contribution in [0.2, 0.25) is 5.02 Å². The predicted octanol–water partition coefficient (Wildman–Crippen LogP) is 2.60. The zero-order valence-corrected chi connectivity index (χ0v) is 9.59. The molecular weight excluding hydrogens is 248 g/mol. The van der Waals surface area contributed by atoms with Gasteiger partial charge in [0, 0.05) is 0 Å². The van der Waals surface area contributed by atoms with Crippen molar-refractivity contribution in [3.05, 3.63) is 39.7 Å². The molecule has 4 nitrogen and oxygen atoms in total. The summed E-state index contributed by atoms with van der Waals surface area (Å²) in [6.45, 7) is 0. The first-order chi connectivity index (χ1) is 7.68. The lowest BCUT2D eigenvalue weighted by Gasteiger charge is -2.04. The van der Waals surface area contributed by atoms with E-state index in [0.717, 1.165) is 11.3 Å². The molecule has 0 bridgehead atoms. The maximum absolute atomic E-state index is 11.7. The van der Waals surface area contributed by atoms with Gasteiger partial charge in [-0.05, 0) is 12.1 Å². The van der Waals surface area contributed by atoms with Crippen LogP contribution >= 0.6 is 22.9 Å². The third kappa shape index (κ3) is 2.15. The van der Waals surface area contributed by atoms with Crippen molar-refractivity contribution in [1.29, 1.82) is 0 Å². The van der Waals surface area contributed by atoms with Crippen molar-refractivity contribution in [1.82, 2.24) is 4.98 Å². The molecule has 16 heavy (non-hydrogen) atoms. The number of thiazole rings is 1. The van der Waals surface area contributed by atoms with E-state index >= 15 is 0 Å². The molecule has 2 rings (SSSR count). The van der Waals surface area contributed by atoms with Gasteiger partial charge < -0.3 is 10.5 Å². The topological polar surface area (TPSA) is 65.2 Å². The summed E-state index contributed by atoms with van der Waals surface area (Å²) in [6, 6.07) is 6.73. The Hall–Kier alpha value is -1.59. The van der Waals surface area contributed by atoms with Gasteiger partial charge in [0.2, 0.25) is 0 Å². The minimum atomic E-state index is -0.548. The predicted molar refractivity (Wildman–Crippen MR) is 62.9 cm³/mol. The first kappa shape index (κ1) is 10.9. The minimum Gasteiger partial charge on any atom is -0.421 e. The van der Waals surface area contributed by atoms with Gasteiger partial charge in [0.15, 0.2) is 4.88 Å². The number of ether oxygens (including phenoxy) is 1. The third-order valence-electron chi connectivity index (χ3n) is 1.82. The zero-order chi connectivity index (χ0) is 11.5. The van der Waals surface area contributed by atoms with E-state index in [1.54, 1.807) is 24.3 Å². The monoisotopic (exact) mass is 254 g/mol. The van der Waals surface area contributed by atoms with Crippen LogP contribution < -0.4 is 10.5 Å². The number of aromatic nitrogens is 1. The van der Waals surface area contributed by atoms with Gasteiger partial charge in [0.1, 0.15) is 11.6 Å². The number of hydrogen-bond acceptors (Lipinski definition) is 5. The van der Waals surface area contributed by atoms with E-state index in [2.05, 4.69) is 4.98 Å². The highest BCUT2D eigenvalue weighted by molar-refractivity contribution is 7.12. The third-order valence-corrected chi connectivity index (χ3v) is 2.95. The van der Waals surface area contributed by atoms with Crippen molar-refractivity contribution in [2.45, 2.75) is 0 Å². The number of hydrogen-bond donors (Lipinski definition) is 1. The van der Waals surface area contributed by atoms with E-state index in [1.807, 2.05) is 0 Å². The Labute approximate surface area is 101 Å². The molecule has 82 valence electrons. The molecule has 0 aliphatic carbocycles. The Kier molecular flexibility index (Phi) is 3.07. The summed E-state index contributed by atoms with van der Waals surface area (Å²) in [4.78, 5) is 15.7. The molecule has 0 unspecified atom stereocenters. The van der Waals surface area contributed by atoms with Crippen LogP contribution in [0.15, 0.2) is 29.8 Å². The number of nitrogens with two attached hydrogens (primary N) is 1. The quantitative estimate of drug-likeness (QED) is 0.661. The molecule has 0 radical (unpaired) electrons. The maximum Gasteiger partial charge on any atom is 0.357 e. The molecule has 0 saturated heterocycles. The van der Waals surface area contributed by atoms with Gasteiger partial charge in [0.25, 0.3) is 0 Å². The number of halogens is 1. The van der Waals surface area contributed by atoms with Gasteiger partial charge in [-0.3, -0.25) is 0 Å². The lowest BCUT2D eigenvalue weighted by molar-refractivity contribution is 0.0741. The van der Waals surface area contributed by atoms with Gasteiger partial charge >= 0.3 is 5.97 Å². The molecule has 0 atom stereocenters. The number of nitrogen functional groups attached to an aromatic ring is 1. The van der Waals surface area contributed by atoms with Crippen LogP contribution in [0, 0.1) is 0 Å². The summed E-state index contributed by atoms with van der Waals surface area (Å²) in [5.74, 6) is -0.0721. The van der Waals surface area contributed by atoms with Crippen LogP contribution in [0.3, 0.4) is 0 Å². The van der Waals surface area contributed by atoms with Crippen LogP contribution in [0.4, 0.5) is 5.82 Å². The number of carbonyl (C=O) groups is 1. The van der Waals surface area contributed by atoms with Crippen LogP contribution in [0.1, 0.15) is 9.67 Å². The average molecular weight is 255 g/mol. The summed E-state index contributed by atoms with van der Waals surface area (Å²) in [5, 5.41) is 0.374. The molecule has 0 spiro atoms. The molecular formula is C10H7ClN2O2S. The highest BCUT2D eigenvalue weighted by atomic mass is 35.5. The Morgan fingerprint density at radius 1 is 1.44 bits per heavy atom. The fraction of sp³-hybridized carbons (Fsp3) is 0. The molecule has 1 aromatic carbocycles. The lowest BCUT2D eigenvalue weighted by Crippen LogP contribution is -2.09. The van der Waals surface area contributed by atoms with E-state index in [4.69, 9.17) is 22.1 Å². The maximum atomic E-state index is 11.7. The van der Waals surface area contributed by atoms with Gasteiger partial charge in [0.05, 0.1) is 10.5 Å². The number of nitrogens with zero attached hydrogens (tertiary/aromatic N) is 1. The second kappa shape index (κ2) is 4.51. The largest absolute Gasteiger partial charge is 0.421 e. The fourth-order valence-electron chi connectivity index (χ4n) is 1.08. The highest BCUT2D eigenvalue weighted by Gasteiger charge is 2.15. The molecule has 0 aliphatic heterocycles. The van der Waals surface area contributed by atoms with E-state index in [-0.39, 0.29) is 10.7 Å². The summed E-state index contributed by atoms with van der Waals surface area (Å²) in [6.07, 6.45) is 0. The molecule has 2 N–H and O–H groups in total. The van der Waals surface area contributed by atoms with E-state index in [0.29, 0.717) is 10.8 Å². The number of rotatable bonds is 2. The first-order valence-corrected chi connectivity index (χ1v) is 5.60. The van der Waals surface area contributed by atoms with Crippen molar-refractivity contribution in [2.75, 3.05) is 5.73 Å². The summed E-state index contributed by atoms with van der Waals surface area (Å²) < 4.78 is 5.09. The molecule has 0 fully saturated rings. The van der Waals surface area contributed by atoms with Gasteiger partial charge in [-0.25, -0.2) is 9.78 Å². The van der Waals surface area contributed by atoms with E-state index < -0.39 is 5.97 Å². The van der Waals surface area contributed by atoms with Crippen LogP contribution in [-0.2, 0) is 0 Å². The van der Waals surface area contributed by atoms with E-state index in [9.17, 15) is 4.79 Å². The lowest BCUT2D eigenvalue weighted by atomic mass is 10.3. The van der Waals surface area contributed by atoms with Crippen LogP contribution in [0.5, 0.6) is 5.75 Å². The summed E-state index contributed by atoms with van der Waals surface area (Å²) in [7, 11) is 0.